The molecule has 1 aromatic heterocycles. The summed E-state index contributed by atoms with van der Waals surface area (Å²) in [5.74, 6) is 0.208. The number of benzene rings is 3. The second-order valence-electron chi connectivity index (χ2n) is 12.1. The number of aliphatic carboxylic acids is 1. The van der Waals surface area contributed by atoms with Gasteiger partial charge in [-0.3, -0.25) is 4.79 Å². The number of anilines is 2. The van der Waals surface area contributed by atoms with Crippen molar-refractivity contribution >= 4 is 40.0 Å². The molecule has 4 aromatic rings. The first kappa shape index (κ1) is 43.7. The van der Waals surface area contributed by atoms with E-state index in [1.807, 2.05) is 33.8 Å². The average molecular weight is 768 g/mol. The van der Waals surface area contributed by atoms with Crippen molar-refractivity contribution in [1.82, 2.24) is 9.97 Å². The number of hydrogen-bond donors (Lipinski definition) is 4. The van der Waals surface area contributed by atoms with Gasteiger partial charge in [-0.05, 0) is 56.7 Å². The maximum atomic E-state index is 13.5. The SMILES string of the molecule is C/C=C\C(C)=C/C.CC.O=C(O)CC(O)CC(O)COc1cc(OC2CCOCC2)c2c(Nc3ccc(OCc4cccc(F)c4)c(Cl)c3)ncnc2c1. The summed E-state index contributed by atoms with van der Waals surface area (Å²) in [6, 6.07) is 14.7. The van der Waals surface area contributed by atoms with E-state index >= 15 is 0 Å². The summed E-state index contributed by atoms with van der Waals surface area (Å²) in [5.41, 5.74) is 3.13. The first-order valence-corrected chi connectivity index (χ1v) is 18.4. The summed E-state index contributed by atoms with van der Waals surface area (Å²) in [6.45, 7) is 11.2. The Morgan fingerprint density at radius 2 is 1.80 bits per heavy atom. The molecule has 2 atom stereocenters. The number of aliphatic hydroxyl groups is 2. The summed E-state index contributed by atoms with van der Waals surface area (Å²) >= 11 is 6.52. The van der Waals surface area contributed by atoms with Gasteiger partial charge in [-0.2, -0.15) is 0 Å². The number of nitrogens with one attached hydrogen (secondary N) is 1. The van der Waals surface area contributed by atoms with E-state index in [0.717, 1.165) is 0 Å². The van der Waals surface area contributed by atoms with Gasteiger partial charge in [0.2, 0.25) is 0 Å². The van der Waals surface area contributed by atoms with E-state index < -0.39 is 24.6 Å². The maximum Gasteiger partial charge on any atom is 0.305 e. The Hall–Kier alpha value is -4.75. The average Bonchev–Trinajstić information content (AvgIpc) is 3.15. The quantitative estimate of drug-likeness (QED) is 0.0859. The lowest BCUT2D eigenvalue weighted by atomic mass is 10.1. The summed E-state index contributed by atoms with van der Waals surface area (Å²) in [5, 5.41) is 33.2. The minimum Gasteiger partial charge on any atom is -0.491 e. The van der Waals surface area contributed by atoms with Crippen LogP contribution in [-0.2, 0) is 16.1 Å². The summed E-state index contributed by atoms with van der Waals surface area (Å²) in [7, 11) is 0. The third kappa shape index (κ3) is 14.6. The fourth-order valence-corrected chi connectivity index (χ4v) is 5.45. The molecule has 4 N–H and O–H groups in total. The van der Waals surface area contributed by atoms with E-state index in [1.165, 1.54) is 24.0 Å². The van der Waals surface area contributed by atoms with Crippen LogP contribution in [0.1, 0.15) is 65.9 Å². The van der Waals surface area contributed by atoms with Crippen molar-refractivity contribution in [1.29, 1.82) is 0 Å². The number of allylic oxidation sites excluding steroid dienone is 4. The second kappa shape index (κ2) is 23.1. The van der Waals surface area contributed by atoms with Gasteiger partial charge in [-0.1, -0.05) is 61.4 Å². The Morgan fingerprint density at radius 1 is 1.04 bits per heavy atom. The normalized spacial score (nSPS) is 14.3. The van der Waals surface area contributed by atoms with E-state index in [-0.39, 0.29) is 31.6 Å². The van der Waals surface area contributed by atoms with Gasteiger partial charge in [0.1, 0.15) is 54.5 Å². The molecule has 0 bridgehead atoms. The number of carboxylic acids is 1. The van der Waals surface area contributed by atoms with Gasteiger partial charge in [-0.15, -0.1) is 0 Å². The smallest absolute Gasteiger partial charge is 0.305 e. The zero-order chi connectivity index (χ0) is 39.5. The largest absolute Gasteiger partial charge is 0.491 e. The minimum atomic E-state index is -1.20. The number of hydrogen-bond acceptors (Lipinski definition) is 10. The van der Waals surface area contributed by atoms with E-state index in [0.29, 0.717) is 76.3 Å². The molecule has 13 heteroatoms. The van der Waals surface area contributed by atoms with Crippen molar-refractivity contribution in [2.45, 2.75) is 85.2 Å². The highest BCUT2D eigenvalue weighted by molar-refractivity contribution is 6.32. The molecular weight excluding hydrogens is 717 g/mol. The molecule has 292 valence electrons. The molecule has 2 heterocycles. The van der Waals surface area contributed by atoms with E-state index in [2.05, 4.69) is 34.4 Å². The topological polar surface area (TPSA) is 152 Å². The van der Waals surface area contributed by atoms with Crippen LogP contribution >= 0.6 is 11.6 Å². The molecule has 2 unspecified atom stereocenters. The molecule has 3 aromatic carbocycles. The molecule has 1 aliphatic rings. The molecule has 54 heavy (non-hydrogen) atoms. The standard InChI is InChI=1S/C32H33ClFN3O8.C7H12.C2H6/c33-26-11-21(4-5-28(26)44-16-19-2-1-3-20(34)10-19)37-32-31-27(35-18-36-32)14-25(15-29(31)45-24-6-8-42-9-7-24)43-17-23(39)12-22(38)13-30(40)41;1-4-6-7(3)5-2;1-2/h1-5,10-11,14-15,18,22-24,38-39H,6-9,12-13,16-17H2,(H,40,41)(H,35,36,37);4-6H,1-3H3;1-2H3/b;6-4-,7-5-;. The molecule has 1 fully saturated rings. The maximum absolute atomic E-state index is 13.5. The van der Waals surface area contributed by atoms with Crippen LogP contribution in [0.25, 0.3) is 10.9 Å². The van der Waals surface area contributed by atoms with E-state index in [4.69, 9.17) is 35.7 Å². The first-order chi connectivity index (χ1) is 26.0. The van der Waals surface area contributed by atoms with Crippen LogP contribution in [0.2, 0.25) is 5.02 Å². The molecular formula is C41H51ClFN3O8. The van der Waals surface area contributed by atoms with Crippen LogP contribution in [0.3, 0.4) is 0 Å². The number of ether oxygens (including phenoxy) is 4. The van der Waals surface area contributed by atoms with Gasteiger partial charge < -0.3 is 39.6 Å². The van der Waals surface area contributed by atoms with E-state index in [1.54, 1.807) is 42.5 Å². The van der Waals surface area contributed by atoms with E-state index in [9.17, 15) is 19.4 Å². The van der Waals surface area contributed by atoms with Crippen molar-refractivity contribution in [3.8, 4) is 17.2 Å². The molecule has 1 aliphatic heterocycles. The van der Waals surface area contributed by atoms with Crippen LogP contribution in [0, 0.1) is 5.82 Å². The summed E-state index contributed by atoms with van der Waals surface area (Å²) < 4.78 is 37.0. The Kier molecular flexibility index (Phi) is 18.7. The van der Waals surface area contributed by atoms with Crippen LogP contribution in [0.5, 0.6) is 17.2 Å². The van der Waals surface area contributed by atoms with Crippen molar-refractivity contribution in [2.24, 2.45) is 0 Å². The lowest BCUT2D eigenvalue weighted by molar-refractivity contribution is -0.139. The highest BCUT2D eigenvalue weighted by Crippen LogP contribution is 2.38. The third-order valence-corrected chi connectivity index (χ3v) is 8.19. The highest BCUT2D eigenvalue weighted by atomic mass is 35.5. The molecule has 0 spiro atoms. The van der Waals surface area contributed by atoms with Crippen molar-refractivity contribution in [3.05, 3.63) is 101 Å². The molecule has 1 saturated heterocycles. The number of fused-ring (bicyclic) bond motifs is 1. The Balaban J connectivity index is 0.000000783. The first-order valence-electron chi connectivity index (χ1n) is 18.0. The predicted octanol–water partition coefficient (Wildman–Crippen LogP) is 8.82. The monoisotopic (exact) mass is 767 g/mol. The third-order valence-electron chi connectivity index (χ3n) is 7.90. The van der Waals surface area contributed by atoms with Gasteiger partial charge in [0.25, 0.3) is 0 Å². The van der Waals surface area contributed by atoms with Crippen molar-refractivity contribution in [3.63, 3.8) is 0 Å². The van der Waals surface area contributed by atoms with Crippen LogP contribution in [0.15, 0.2) is 84.7 Å². The zero-order valence-corrected chi connectivity index (χ0v) is 32.2. The fourth-order valence-electron chi connectivity index (χ4n) is 5.21. The Bertz CT molecular complexity index is 1830. The van der Waals surface area contributed by atoms with Gasteiger partial charge >= 0.3 is 5.97 Å². The molecule has 0 radical (unpaired) electrons. The molecule has 11 nitrogen and oxygen atoms in total. The zero-order valence-electron chi connectivity index (χ0n) is 31.4. The molecule has 0 amide bonds. The summed E-state index contributed by atoms with van der Waals surface area (Å²) in [4.78, 5) is 19.7. The predicted molar refractivity (Wildman–Crippen MR) is 209 cm³/mol. The van der Waals surface area contributed by atoms with Crippen molar-refractivity contribution < 1.29 is 43.5 Å². The number of carboxylic acid groups (broad SMARTS) is 1. The number of aliphatic hydroxyl groups excluding tert-OH is 2. The lowest BCUT2D eigenvalue weighted by Gasteiger charge is -2.25. The van der Waals surface area contributed by atoms with Gasteiger partial charge in [0, 0.05) is 37.1 Å². The fraction of sp³-hybridized carbons (Fsp3) is 0.390. The number of aromatic nitrogens is 2. The van der Waals surface area contributed by atoms with Crippen LogP contribution in [0.4, 0.5) is 15.9 Å². The number of carbonyl (C=O) groups is 1. The van der Waals surface area contributed by atoms with Gasteiger partial charge in [-0.25, -0.2) is 14.4 Å². The van der Waals surface area contributed by atoms with Gasteiger partial charge in [0.15, 0.2) is 0 Å². The summed E-state index contributed by atoms with van der Waals surface area (Å²) in [6.07, 6.45) is 5.93. The molecule has 5 rings (SSSR count). The Labute approximate surface area is 321 Å². The lowest BCUT2D eigenvalue weighted by Crippen LogP contribution is -2.26. The number of rotatable bonds is 15. The van der Waals surface area contributed by atoms with Crippen LogP contribution < -0.4 is 19.5 Å². The number of nitrogens with zero attached hydrogens (tertiary/aromatic N) is 2. The van der Waals surface area contributed by atoms with Crippen LogP contribution in [-0.4, -0.2) is 69.4 Å². The second-order valence-corrected chi connectivity index (χ2v) is 12.5. The molecule has 0 aliphatic carbocycles. The van der Waals surface area contributed by atoms with Gasteiger partial charge in [0.05, 0.1) is 47.8 Å². The highest BCUT2D eigenvalue weighted by Gasteiger charge is 2.21. The van der Waals surface area contributed by atoms with Crippen molar-refractivity contribution in [2.75, 3.05) is 25.1 Å². The molecule has 0 saturated carbocycles. The minimum absolute atomic E-state index is 0.119. The Morgan fingerprint density at radius 3 is 2.44 bits per heavy atom. The number of halogens is 2.